The van der Waals surface area contributed by atoms with E-state index in [-0.39, 0.29) is 0 Å². The Morgan fingerprint density at radius 3 is 2.71 bits per heavy atom. The van der Waals surface area contributed by atoms with Gasteiger partial charge in [-0.15, -0.1) is 0 Å². The molecule has 2 nitrogen and oxygen atoms in total. The van der Waals surface area contributed by atoms with Crippen molar-refractivity contribution in [1.82, 2.24) is 0 Å². The second kappa shape index (κ2) is 6.06. The van der Waals surface area contributed by atoms with Crippen LogP contribution in [0.15, 0.2) is 24.3 Å². The number of hydrogen-bond donors (Lipinski definition) is 0. The van der Waals surface area contributed by atoms with Gasteiger partial charge in [0.25, 0.3) is 0 Å². The number of benzene rings is 1. The number of hydrogen-bond acceptors (Lipinski definition) is 2. The van der Waals surface area contributed by atoms with Gasteiger partial charge in [0.2, 0.25) is 0 Å². The van der Waals surface area contributed by atoms with Crippen LogP contribution in [-0.2, 0) is 4.74 Å². The van der Waals surface area contributed by atoms with Gasteiger partial charge in [-0.05, 0) is 42.9 Å². The van der Waals surface area contributed by atoms with Crippen molar-refractivity contribution in [1.29, 1.82) is 0 Å². The summed E-state index contributed by atoms with van der Waals surface area (Å²) in [6, 6.07) is 8.46. The molecule has 1 fully saturated rings. The molecule has 1 aliphatic heterocycles. The molecule has 1 saturated heterocycles. The molecule has 2 rings (SSSR count). The van der Waals surface area contributed by atoms with Gasteiger partial charge in [-0.25, -0.2) is 0 Å². The maximum atomic E-state index is 5.73. The molecule has 94 valence electrons. The molecule has 1 aromatic carbocycles. The van der Waals surface area contributed by atoms with Crippen LogP contribution >= 0.6 is 0 Å². The first-order valence-electron chi connectivity index (χ1n) is 6.64. The van der Waals surface area contributed by atoms with Gasteiger partial charge in [-0.3, -0.25) is 0 Å². The largest absolute Gasteiger partial charge is 0.491 e. The quantitative estimate of drug-likeness (QED) is 0.772. The van der Waals surface area contributed by atoms with E-state index in [0.717, 1.165) is 18.8 Å². The maximum Gasteiger partial charge on any atom is 0.119 e. The van der Waals surface area contributed by atoms with Crippen LogP contribution in [0, 0.1) is 0 Å². The van der Waals surface area contributed by atoms with E-state index in [4.69, 9.17) is 9.47 Å². The molecule has 2 atom stereocenters. The molecule has 0 aliphatic carbocycles. The second-order valence-electron chi connectivity index (χ2n) is 4.82. The van der Waals surface area contributed by atoms with Gasteiger partial charge >= 0.3 is 0 Å². The Morgan fingerprint density at radius 1 is 1.35 bits per heavy atom. The molecule has 0 radical (unpaired) electrons. The van der Waals surface area contributed by atoms with Crippen LogP contribution < -0.4 is 4.74 Å². The Labute approximate surface area is 104 Å². The van der Waals surface area contributed by atoms with Crippen molar-refractivity contribution in [2.75, 3.05) is 13.2 Å². The summed E-state index contributed by atoms with van der Waals surface area (Å²) in [5.41, 5.74) is 1.39. The van der Waals surface area contributed by atoms with Crippen molar-refractivity contribution >= 4 is 0 Å². The fraction of sp³-hybridized carbons (Fsp3) is 0.600. The Bertz CT molecular complexity index is 325. The molecule has 1 aliphatic rings. The Balaban J connectivity index is 1.84. The van der Waals surface area contributed by atoms with E-state index in [0.29, 0.717) is 18.6 Å². The third kappa shape index (κ3) is 3.47. The molecule has 0 saturated carbocycles. The molecule has 1 heterocycles. The van der Waals surface area contributed by atoms with Crippen molar-refractivity contribution in [3.8, 4) is 5.75 Å². The summed E-state index contributed by atoms with van der Waals surface area (Å²) in [7, 11) is 0. The van der Waals surface area contributed by atoms with E-state index in [1.54, 1.807) is 0 Å². The molecule has 0 bridgehead atoms. The van der Waals surface area contributed by atoms with Crippen molar-refractivity contribution in [3.63, 3.8) is 0 Å². The predicted octanol–water partition coefficient (Wildman–Crippen LogP) is 3.76. The molecular weight excluding hydrogens is 212 g/mol. The Kier molecular flexibility index (Phi) is 4.43. The summed E-state index contributed by atoms with van der Waals surface area (Å²) in [4.78, 5) is 0. The molecule has 0 amide bonds. The highest BCUT2D eigenvalue weighted by Gasteiger charge is 2.15. The third-order valence-electron chi connectivity index (χ3n) is 3.52. The minimum atomic E-state index is 0.296. The zero-order valence-corrected chi connectivity index (χ0v) is 10.8. The van der Waals surface area contributed by atoms with E-state index >= 15 is 0 Å². The Morgan fingerprint density at radius 2 is 2.12 bits per heavy atom. The molecule has 0 aromatic heterocycles. The molecule has 2 unspecified atom stereocenters. The summed E-state index contributed by atoms with van der Waals surface area (Å²) in [5.74, 6) is 1.58. The normalized spacial score (nSPS) is 21.4. The average molecular weight is 234 g/mol. The van der Waals surface area contributed by atoms with Gasteiger partial charge in [-0.2, -0.15) is 0 Å². The molecule has 1 aromatic rings. The standard InChI is InChI=1S/C15H22O2/c1-3-12(2)13-6-8-14(9-7-13)17-11-15-5-4-10-16-15/h6-9,12,15H,3-5,10-11H2,1-2H3. The van der Waals surface area contributed by atoms with Gasteiger partial charge in [0.05, 0.1) is 6.10 Å². The topological polar surface area (TPSA) is 18.5 Å². The first kappa shape index (κ1) is 12.4. The summed E-state index contributed by atoms with van der Waals surface area (Å²) in [6.45, 7) is 6.04. The lowest BCUT2D eigenvalue weighted by Crippen LogP contribution is -2.16. The van der Waals surface area contributed by atoms with Crippen LogP contribution in [0.3, 0.4) is 0 Å². The van der Waals surface area contributed by atoms with E-state index in [2.05, 4.69) is 38.1 Å². The van der Waals surface area contributed by atoms with Crippen LogP contribution in [-0.4, -0.2) is 19.3 Å². The van der Waals surface area contributed by atoms with Crippen LogP contribution in [0.1, 0.15) is 44.6 Å². The van der Waals surface area contributed by atoms with Crippen LogP contribution in [0.2, 0.25) is 0 Å². The van der Waals surface area contributed by atoms with Crippen molar-refractivity contribution < 1.29 is 9.47 Å². The van der Waals surface area contributed by atoms with Gasteiger partial charge in [0, 0.05) is 6.61 Å². The molecule has 0 N–H and O–H groups in total. The monoisotopic (exact) mass is 234 g/mol. The van der Waals surface area contributed by atoms with Gasteiger partial charge in [0.15, 0.2) is 0 Å². The molecule has 2 heteroatoms. The summed E-state index contributed by atoms with van der Waals surface area (Å²) >= 11 is 0. The van der Waals surface area contributed by atoms with E-state index in [1.165, 1.54) is 18.4 Å². The highest BCUT2D eigenvalue weighted by Crippen LogP contribution is 2.22. The Hall–Kier alpha value is -1.02. The van der Waals surface area contributed by atoms with Crippen LogP contribution in [0.5, 0.6) is 5.75 Å². The first-order chi connectivity index (χ1) is 8.29. The average Bonchev–Trinajstić information content (AvgIpc) is 2.89. The minimum Gasteiger partial charge on any atom is -0.491 e. The molecule has 17 heavy (non-hydrogen) atoms. The zero-order valence-electron chi connectivity index (χ0n) is 10.8. The van der Waals surface area contributed by atoms with Crippen molar-refractivity contribution in [2.24, 2.45) is 0 Å². The van der Waals surface area contributed by atoms with E-state index in [9.17, 15) is 0 Å². The fourth-order valence-electron chi connectivity index (χ4n) is 2.09. The maximum absolute atomic E-state index is 5.73. The van der Waals surface area contributed by atoms with Crippen molar-refractivity contribution in [2.45, 2.75) is 45.1 Å². The van der Waals surface area contributed by atoms with E-state index in [1.807, 2.05) is 0 Å². The SMILES string of the molecule is CCC(C)c1ccc(OCC2CCCO2)cc1. The van der Waals surface area contributed by atoms with Gasteiger partial charge in [-0.1, -0.05) is 26.0 Å². The molecule has 0 spiro atoms. The fourth-order valence-corrected chi connectivity index (χ4v) is 2.09. The van der Waals surface area contributed by atoms with Gasteiger partial charge < -0.3 is 9.47 Å². The summed E-state index contributed by atoms with van der Waals surface area (Å²) in [6.07, 6.45) is 3.77. The predicted molar refractivity (Wildman–Crippen MR) is 69.6 cm³/mol. The summed E-state index contributed by atoms with van der Waals surface area (Å²) in [5, 5.41) is 0. The number of rotatable bonds is 5. The highest BCUT2D eigenvalue weighted by molar-refractivity contribution is 5.29. The lowest BCUT2D eigenvalue weighted by molar-refractivity contribution is 0.0679. The van der Waals surface area contributed by atoms with Crippen LogP contribution in [0.25, 0.3) is 0 Å². The van der Waals surface area contributed by atoms with Crippen LogP contribution in [0.4, 0.5) is 0 Å². The zero-order chi connectivity index (χ0) is 12.1. The lowest BCUT2D eigenvalue weighted by atomic mass is 9.99. The lowest BCUT2D eigenvalue weighted by Gasteiger charge is -2.13. The second-order valence-corrected chi connectivity index (χ2v) is 4.82. The highest BCUT2D eigenvalue weighted by atomic mass is 16.5. The smallest absolute Gasteiger partial charge is 0.119 e. The van der Waals surface area contributed by atoms with Gasteiger partial charge in [0.1, 0.15) is 12.4 Å². The summed E-state index contributed by atoms with van der Waals surface area (Å²) < 4.78 is 11.3. The first-order valence-corrected chi connectivity index (χ1v) is 6.64. The minimum absolute atomic E-state index is 0.296. The van der Waals surface area contributed by atoms with E-state index < -0.39 is 0 Å². The third-order valence-corrected chi connectivity index (χ3v) is 3.52. The number of ether oxygens (including phenoxy) is 2. The van der Waals surface area contributed by atoms with Crippen molar-refractivity contribution in [3.05, 3.63) is 29.8 Å². The molecular formula is C15H22O2.